The van der Waals surface area contributed by atoms with Gasteiger partial charge in [0.15, 0.2) is 0 Å². The normalized spacial score (nSPS) is 21.9. The molecular formula is C23H37N3O5. The number of aliphatic hydroxyl groups is 1. The molecule has 1 aromatic carbocycles. The van der Waals surface area contributed by atoms with E-state index in [9.17, 15) is 9.90 Å². The van der Waals surface area contributed by atoms with Crippen LogP contribution in [0.4, 0.5) is 0 Å². The monoisotopic (exact) mass is 435 g/mol. The summed E-state index contributed by atoms with van der Waals surface area (Å²) in [5.74, 6) is 1.27. The lowest BCUT2D eigenvalue weighted by atomic mass is 10.1. The van der Waals surface area contributed by atoms with E-state index in [1.807, 2.05) is 24.8 Å². The minimum absolute atomic E-state index is 0.0586. The largest absolute Gasteiger partial charge is 0.496 e. The summed E-state index contributed by atoms with van der Waals surface area (Å²) in [7, 11) is 3.13. The van der Waals surface area contributed by atoms with Crippen molar-refractivity contribution in [3.05, 3.63) is 23.8 Å². The number of hydrogen-bond acceptors (Lipinski definition) is 7. The molecule has 1 amide bonds. The molecule has 0 spiro atoms. The molecule has 2 aliphatic heterocycles. The van der Waals surface area contributed by atoms with Crippen molar-refractivity contribution in [3.63, 3.8) is 0 Å². The van der Waals surface area contributed by atoms with Crippen molar-refractivity contribution in [1.82, 2.24) is 14.7 Å². The van der Waals surface area contributed by atoms with Crippen molar-refractivity contribution < 1.29 is 24.1 Å². The number of rotatable bonds is 8. The summed E-state index contributed by atoms with van der Waals surface area (Å²) in [5, 5.41) is 10.2. The van der Waals surface area contributed by atoms with Crippen LogP contribution in [0.3, 0.4) is 0 Å². The van der Waals surface area contributed by atoms with Crippen molar-refractivity contribution in [3.8, 4) is 11.5 Å². The zero-order valence-corrected chi connectivity index (χ0v) is 19.2. The lowest BCUT2D eigenvalue weighted by Gasteiger charge is -2.40. The molecule has 2 saturated heterocycles. The van der Waals surface area contributed by atoms with Gasteiger partial charge in [-0.3, -0.25) is 14.6 Å². The highest BCUT2D eigenvalue weighted by atomic mass is 16.5. The molecule has 8 heteroatoms. The van der Waals surface area contributed by atoms with Gasteiger partial charge < -0.3 is 24.2 Å². The topological polar surface area (TPSA) is 74.7 Å². The average Bonchev–Trinajstić information content (AvgIpc) is 2.78. The maximum absolute atomic E-state index is 13.1. The van der Waals surface area contributed by atoms with Gasteiger partial charge in [-0.15, -0.1) is 0 Å². The highest BCUT2D eigenvalue weighted by molar-refractivity contribution is 5.99. The lowest BCUT2D eigenvalue weighted by Crippen LogP contribution is -2.54. The first kappa shape index (κ1) is 23.8. The first-order chi connectivity index (χ1) is 14.9. The number of aliphatic hydroxyl groups excluding tert-OH is 1. The van der Waals surface area contributed by atoms with Crippen LogP contribution in [0.25, 0.3) is 0 Å². The first-order valence-corrected chi connectivity index (χ1v) is 11.2. The van der Waals surface area contributed by atoms with E-state index < -0.39 is 0 Å². The van der Waals surface area contributed by atoms with Gasteiger partial charge in [-0.2, -0.15) is 0 Å². The Kier molecular flexibility index (Phi) is 8.54. The van der Waals surface area contributed by atoms with Gasteiger partial charge in [0.2, 0.25) is 0 Å². The Labute approximate surface area is 185 Å². The Hall–Kier alpha value is -1.87. The molecule has 0 aromatic heterocycles. The number of carbonyl (C=O) groups excluding carboxylic acids is 1. The van der Waals surface area contributed by atoms with E-state index in [2.05, 4.69) is 9.80 Å². The molecule has 2 aliphatic rings. The Morgan fingerprint density at radius 2 is 1.74 bits per heavy atom. The van der Waals surface area contributed by atoms with Crippen LogP contribution in [-0.2, 0) is 4.74 Å². The Bertz CT molecular complexity index is 699. The fourth-order valence-electron chi connectivity index (χ4n) is 4.17. The number of hydrogen-bond donors (Lipinski definition) is 1. The fraction of sp³-hybridized carbons (Fsp3) is 0.696. The maximum Gasteiger partial charge on any atom is 0.261 e. The fourth-order valence-corrected chi connectivity index (χ4v) is 4.17. The molecule has 8 nitrogen and oxygen atoms in total. The second-order valence-corrected chi connectivity index (χ2v) is 8.69. The molecule has 0 bridgehead atoms. The molecule has 0 radical (unpaired) electrons. The van der Waals surface area contributed by atoms with Crippen LogP contribution in [0.15, 0.2) is 18.2 Å². The smallest absolute Gasteiger partial charge is 0.261 e. The predicted molar refractivity (Wildman–Crippen MR) is 119 cm³/mol. The number of carbonyl (C=O) groups is 1. The number of benzene rings is 1. The van der Waals surface area contributed by atoms with E-state index in [1.165, 1.54) is 0 Å². The number of amides is 1. The van der Waals surface area contributed by atoms with Gasteiger partial charge in [0.25, 0.3) is 5.91 Å². The number of piperazine rings is 1. The third-order valence-corrected chi connectivity index (χ3v) is 6.20. The summed E-state index contributed by atoms with van der Waals surface area (Å²) in [6, 6.07) is 5.39. The third-order valence-electron chi connectivity index (χ3n) is 6.20. The molecule has 31 heavy (non-hydrogen) atoms. The molecule has 2 unspecified atom stereocenters. The molecule has 0 saturated carbocycles. The quantitative estimate of drug-likeness (QED) is 0.657. The molecule has 174 valence electrons. The number of morpholine rings is 1. The van der Waals surface area contributed by atoms with Crippen molar-refractivity contribution in [2.75, 3.05) is 73.2 Å². The minimum Gasteiger partial charge on any atom is -0.496 e. The van der Waals surface area contributed by atoms with Crippen molar-refractivity contribution >= 4 is 5.91 Å². The standard InChI is InChI=1S/C23H37N3O5/c1-17(2)19(27)16-25-12-13-31-18(15-25)14-24-8-10-26(11-9-24)23(28)22-20(29-3)6-5-7-21(22)30-4/h5-7,17-19,27H,8-16H2,1-4H3. The summed E-state index contributed by atoms with van der Waals surface area (Å²) in [5.41, 5.74) is 0.482. The van der Waals surface area contributed by atoms with Crippen LogP contribution in [0.2, 0.25) is 0 Å². The van der Waals surface area contributed by atoms with Crippen molar-refractivity contribution in [2.24, 2.45) is 5.92 Å². The maximum atomic E-state index is 13.1. The van der Waals surface area contributed by atoms with Gasteiger partial charge in [0.1, 0.15) is 17.1 Å². The summed E-state index contributed by atoms with van der Waals surface area (Å²) in [6.45, 7) is 10.9. The van der Waals surface area contributed by atoms with Gasteiger partial charge in [0.05, 0.1) is 33.0 Å². The molecule has 2 heterocycles. The number of methoxy groups -OCH3 is 2. The highest BCUT2D eigenvalue weighted by Crippen LogP contribution is 2.30. The van der Waals surface area contributed by atoms with Gasteiger partial charge in [-0.05, 0) is 18.1 Å². The summed E-state index contributed by atoms with van der Waals surface area (Å²) in [4.78, 5) is 19.7. The predicted octanol–water partition coefficient (Wildman–Crippen LogP) is 1.18. The molecule has 1 aromatic rings. The van der Waals surface area contributed by atoms with E-state index in [0.29, 0.717) is 43.3 Å². The van der Waals surface area contributed by atoms with Crippen LogP contribution in [0.1, 0.15) is 24.2 Å². The highest BCUT2D eigenvalue weighted by Gasteiger charge is 2.29. The second-order valence-electron chi connectivity index (χ2n) is 8.69. The number of nitrogens with zero attached hydrogens (tertiary/aromatic N) is 3. The summed E-state index contributed by atoms with van der Waals surface area (Å²) < 4.78 is 16.8. The van der Waals surface area contributed by atoms with E-state index in [0.717, 1.165) is 32.7 Å². The van der Waals surface area contributed by atoms with E-state index >= 15 is 0 Å². The first-order valence-electron chi connectivity index (χ1n) is 11.2. The minimum atomic E-state index is -0.305. The number of β-amino-alcohol motifs (C(OH)–C–C–N with tert-alkyl or cyclic N) is 1. The zero-order valence-electron chi connectivity index (χ0n) is 19.2. The van der Waals surface area contributed by atoms with Crippen LogP contribution < -0.4 is 9.47 Å². The van der Waals surface area contributed by atoms with Crippen LogP contribution in [0, 0.1) is 5.92 Å². The second kappa shape index (κ2) is 11.1. The van der Waals surface area contributed by atoms with E-state index in [4.69, 9.17) is 14.2 Å². The Morgan fingerprint density at radius 1 is 1.10 bits per heavy atom. The molecule has 1 N–H and O–H groups in total. The summed E-state index contributed by atoms with van der Waals surface area (Å²) in [6.07, 6.45) is -0.176. The lowest BCUT2D eigenvalue weighted by molar-refractivity contribution is -0.0596. The van der Waals surface area contributed by atoms with E-state index in [1.54, 1.807) is 26.4 Å². The zero-order chi connectivity index (χ0) is 22.4. The van der Waals surface area contributed by atoms with Crippen LogP contribution >= 0.6 is 0 Å². The van der Waals surface area contributed by atoms with Crippen molar-refractivity contribution in [1.29, 1.82) is 0 Å². The average molecular weight is 436 g/mol. The molecule has 0 aliphatic carbocycles. The van der Waals surface area contributed by atoms with Gasteiger partial charge in [0, 0.05) is 52.4 Å². The van der Waals surface area contributed by atoms with Crippen LogP contribution in [0.5, 0.6) is 11.5 Å². The molecule has 3 rings (SSSR count). The SMILES string of the molecule is COc1cccc(OC)c1C(=O)N1CCN(CC2CN(CC(O)C(C)C)CCO2)CC1. The number of ether oxygens (including phenoxy) is 3. The Morgan fingerprint density at radius 3 is 2.32 bits per heavy atom. The van der Waals surface area contributed by atoms with Crippen molar-refractivity contribution in [2.45, 2.75) is 26.1 Å². The molecule has 2 atom stereocenters. The Balaban J connectivity index is 1.52. The molecule has 2 fully saturated rings. The molecular weight excluding hydrogens is 398 g/mol. The van der Waals surface area contributed by atoms with Gasteiger partial charge in [-0.1, -0.05) is 19.9 Å². The van der Waals surface area contributed by atoms with Crippen LogP contribution in [-0.4, -0.2) is 111 Å². The van der Waals surface area contributed by atoms with E-state index in [-0.39, 0.29) is 24.0 Å². The van der Waals surface area contributed by atoms with Gasteiger partial charge >= 0.3 is 0 Å². The van der Waals surface area contributed by atoms with Gasteiger partial charge in [-0.25, -0.2) is 0 Å². The summed E-state index contributed by atoms with van der Waals surface area (Å²) >= 11 is 0. The third kappa shape index (κ3) is 6.10.